The monoisotopic (exact) mass is 317 g/mol. The van der Waals surface area contributed by atoms with Gasteiger partial charge in [0.15, 0.2) is 17.1 Å². The third-order valence-corrected chi connectivity index (χ3v) is 3.96. The number of hydrogen-bond donors (Lipinski definition) is 3. The van der Waals surface area contributed by atoms with Gasteiger partial charge in [0.25, 0.3) is 0 Å². The summed E-state index contributed by atoms with van der Waals surface area (Å²) in [4.78, 5) is 18.4. The van der Waals surface area contributed by atoms with E-state index in [4.69, 9.17) is 4.74 Å². The highest BCUT2D eigenvalue weighted by molar-refractivity contribution is 6.09. The molecule has 0 amide bonds. The molecule has 3 heterocycles. The van der Waals surface area contributed by atoms with Gasteiger partial charge >= 0.3 is 6.01 Å². The summed E-state index contributed by atoms with van der Waals surface area (Å²) in [5, 5.41) is 12.5. The summed E-state index contributed by atoms with van der Waals surface area (Å²) < 4.78 is 5.69. The number of aromatic hydroxyl groups is 1. The average molecular weight is 317 g/mol. The van der Waals surface area contributed by atoms with Gasteiger partial charge in [-0.15, -0.1) is 0 Å². The number of phenolic OH excluding ortho intramolecular Hbond substituents is 1. The fourth-order valence-electron chi connectivity index (χ4n) is 2.86. The van der Waals surface area contributed by atoms with E-state index in [1.165, 1.54) is 6.33 Å². The maximum absolute atomic E-state index is 10.6. The molecule has 0 saturated carbocycles. The molecule has 0 fully saturated rings. The highest BCUT2D eigenvalue weighted by atomic mass is 16.5. The summed E-state index contributed by atoms with van der Waals surface area (Å²) in [5.41, 5.74) is 2.76. The van der Waals surface area contributed by atoms with E-state index in [1.807, 2.05) is 30.3 Å². The standard InChI is InChI=1S/C17H11N5O2/c23-15-13(24-17-21-12-7-18-8-19-16(12)22-17)6-5-10-9-3-1-2-4-11(9)20-14(10)15/h1-8,20,23H,(H,18,19,21,22). The van der Waals surface area contributed by atoms with Crippen LogP contribution in [0.15, 0.2) is 48.9 Å². The highest BCUT2D eigenvalue weighted by Crippen LogP contribution is 2.39. The lowest BCUT2D eigenvalue weighted by Crippen LogP contribution is -1.87. The molecule has 7 nitrogen and oxygen atoms in total. The van der Waals surface area contributed by atoms with Crippen molar-refractivity contribution in [3.8, 4) is 17.5 Å². The van der Waals surface area contributed by atoms with Crippen LogP contribution in [0.1, 0.15) is 0 Å². The summed E-state index contributed by atoms with van der Waals surface area (Å²) >= 11 is 0. The first-order valence-corrected chi connectivity index (χ1v) is 7.35. The number of aromatic nitrogens is 5. The Kier molecular flexibility index (Phi) is 2.52. The minimum Gasteiger partial charge on any atom is -0.503 e. The van der Waals surface area contributed by atoms with Crippen molar-refractivity contribution in [1.29, 1.82) is 0 Å². The Labute approximate surface area is 135 Å². The predicted molar refractivity (Wildman–Crippen MR) is 89.2 cm³/mol. The number of aromatic amines is 2. The van der Waals surface area contributed by atoms with E-state index in [2.05, 4.69) is 24.9 Å². The van der Waals surface area contributed by atoms with Crippen molar-refractivity contribution in [3.63, 3.8) is 0 Å². The molecule has 0 unspecified atom stereocenters. The lowest BCUT2D eigenvalue weighted by Gasteiger charge is -2.05. The maximum Gasteiger partial charge on any atom is 0.301 e. The molecule has 0 atom stereocenters. The number of phenols is 1. The van der Waals surface area contributed by atoms with E-state index in [0.29, 0.717) is 22.4 Å². The number of benzene rings is 2. The molecule has 5 aromatic rings. The summed E-state index contributed by atoms with van der Waals surface area (Å²) in [6.07, 6.45) is 3.03. The zero-order valence-corrected chi connectivity index (χ0v) is 12.3. The lowest BCUT2D eigenvalue weighted by molar-refractivity contribution is 0.399. The van der Waals surface area contributed by atoms with E-state index in [9.17, 15) is 5.11 Å². The molecule has 3 aromatic heterocycles. The van der Waals surface area contributed by atoms with Crippen LogP contribution in [0.25, 0.3) is 33.0 Å². The molecule has 2 aromatic carbocycles. The van der Waals surface area contributed by atoms with E-state index < -0.39 is 0 Å². The van der Waals surface area contributed by atoms with Gasteiger partial charge < -0.3 is 19.8 Å². The van der Waals surface area contributed by atoms with Gasteiger partial charge in [-0.2, -0.15) is 4.98 Å². The van der Waals surface area contributed by atoms with Crippen LogP contribution < -0.4 is 4.74 Å². The average Bonchev–Trinajstić information content (AvgIpc) is 3.18. The van der Waals surface area contributed by atoms with E-state index in [0.717, 1.165) is 16.3 Å². The van der Waals surface area contributed by atoms with Crippen LogP contribution >= 0.6 is 0 Å². The molecule has 24 heavy (non-hydrogen) atoms. The fourth-order valence-corrected chi connectivity index (χ4v) is 2.86. The van der Waals surface area contributed by atoms with Gasteiger partial charge in [0.05, 0.1) is 11.7 Å². The number of nitrogens with one attached hydrogen (secondary N) is 2. The molecule has 0 aliphatic heterocycles. The van der Waals surface area contributed by atoms with Crippen LogP contribution in [0.3, 0.4) is 0 Å². The van der Waals surface area contributed by atoms with Crippen molar-refractivity contribution in [1.82, 2.24) is 24.9 Å². The Balaban J connectivity index is 1.63. The molecule has 0 bridgehead atoms. The number of fused-ring (bicyclic) bond motifs is 4. The second kappa shape index (κ2) is 4.69. The van der Waals surface area contributed by atoms with Gasteiger partial charge in [-0.1, -0.05) is 18.2 Å². The Hall–Kier alpha value is -3.61. The molecular weight excluding hydrogens is 306 g/mol. The lowest BCUT2D eigenvalue weighted by atomic mass is 10.1. The largest absolute Gasteiger partial charge is 0.503 e. The number of H-pyrrole nitrogens is 2. The van der Waals surface area contributed by atoms with Gasteiger partial charge in [-0.25, -0.2) is 9.97 Å². The van der Waals surface area contributed by atoms with Crippen molar-refractivity contribution in [2.75, 3.05) is 0 Å². The normalized spacial score (nSPS) is 11.5. The van der Waals surface area contributed by atoms with Gasteiger partial charge in [-0.05, 0) is 18.2 Å². The molecule has 7 heteroatoms. The zero-order chi connectivity index (χ0) is 16.1. The number of rotatable bonds is 2. The third kappa shape index (κ3) is 1.81. The van der Waals surface area contributed by atoms with Crippen molar-refractivity contribution < 1.29 is 9.84 Å². The van der Waals surface area contributed by atoms with Crippen LogP contribution in [0.2, 0.25) is 0 Å². The first-order valence-electron chi connectivity index (χ1n) is 7.35. The molecule has 0 aliphatic rings. The second-order valence-corrected chi connectivity index (χ2v) is 5.41. The summed E-state index contributed by atoms with van der Waals surface area (Å²) in [7, 11) is 0. The number of nitrogens with zero attached hydrogens (tertiary/aromatic N) is 3. The van der Waals surface area contributed by atoms with Crippen molar-refractivity contribution in [2.24, 2.45) is 0 Å². The minimum absolute atomic E-state index is 0.0373. The first kappa shape index (κ1) is 12.9. The fraction of sp³-hybridized carbons (Fsp3) is 0. The topological polar surface area (TPSA) is 99.7 Å². The molecule has 0 spiro atoms. The van der Waals surface area contributed by atoms with Gasteiger partial charge in [0.1, 0.15) is 11.8 Å². The van der Waals surface area contributed by atoms with E-state index in [1.54, 1.807) is 12.3 Å². The molecule has 5 rings (SSSR count). The van der Waals surface area contributed by atoms with Gasteiger partial charge in [0.2, 0.25) is 0 Å². The van der Waals surface area contributed by atoms with Crippen LogP contribution in [-0.4, -0.2) is 30.0 Å². The molecule has 0 radical (unpaired) electrons. The Morgan fingerprint density at radius 1 is 0.958 bits per heavy atom. The zero-order valence-electron chi connectivity index (χ0n) is 12.3. The molecule has 0 saturated heterocycles. The minimum atomic E-state index is 0.0373. The summed E-state index contributed by atoms with van der Waals surface area (Å²) in [5.74, 6) is 0.344. The Bertz CT molecular complexity index is 1170. The van der Waals surface area contributed by atoms with Crippen LogP contribution in [0, 0.1) is 0 Å². The molecular formula is C17H11N5O2. The summed E-state index contributed by atoms with van der Waals surface area (Å²) in [6, 6.07) is 11.8. The third-order valence-electron chi connectivity index (χ3n) is 3.96. The number of ether oxygens (including phenoxy) is 1. The molecule has 116 valence electrons. The van der Waals surface area contributed by atoms with Crippen LogP contribution in [-0.2, 0) is 0 Å². The quantitative estimate of drug-likeness (QED) is 0.463. The van der Waals surface area contributed by atoms with Gasteiger partial charge in [-0.3, -0.25) is 0 Å². The first-order chi connectivity index (χ1) is 11.8. The number of imidazole rings is 1. The van der Waals surface area contributed by atoms with Crippen molar-refractivity contribution in [2.45, 2.75) is 0 Å². The van der Waals surface area contributed by atoms with Crippen LogP contribution in [0.4, 0.5) is 0 Å². The Morgan fingerprint density at radius 2 is 1.88 bits per heavy atom. The Morgan fingerprint density at radius 3 is 2.79 bits per heavy atom. The van der Waals surface area contributed by atoms with Crippen LogP contribution in [0.5, 0.6) is 17.5 Å². The van der Waals surface area contributed by atoms with Gasteiger partial charge in [0, 0.05) is 16.3 Å². The number of hydrogen-bond acceptors (Lipinski definition) is 5. The maximum atomic E-state index is 10.6. The summed E-state index contributed by atoms with van der Waals surface area (Å²) in [6.45, 7) is 0. The van der Waals surface area contributed by atoms with E-state index in [-0.39, 0.29) is 11.8 Å². The SMILES string of the molecule is Oc1c(Oc2nc3ncncc3[nH]2)ccc2c1[nH]c1ccccc12. The van der Waals surface area contributed by atoms with E-state index >= 15 is 0 Å². The second-order valence-electron chi connectivity index (χ2n) is 5.41. The predicted octanol–water partition coefficient (Wildman–Crippen LogP) is 3.49. The smallest absolute Gasteiger partial charge is 0.301 e. The van der Waals surface area contributed by atoms with Crippen molar-refractivity contribution >= 4 is 33.0 Å². The molecule has 0 aliphatic carbocycles. The number of para-hydroxylation sites is 1. The molecule has 3 N–H and O–H groups in total. The highest BCUT2D eigenvalue weighted by Gasteiger charge is 2.14. The van der Waals surface area contributed by atoms with Crippen molar-refractivity contribution in [3.05, 3.63) is 48.9 Å².